The molecule has 1 atom stereocenters. The Balaban J connectivity index is 1.50. The lowest BCUT2D eigenvalue weighted by atomic mass is 9.94. The average Bonchev–Trinajstić information content (AvgIpc) is 2.88. The van der Waals surface area contributed by atoms with Crippen LogP contribution in [0.5, 0.6) is 0 Å². The van der Waals surface area contributed by atoms with Crippen LogP contribution in [-0.4, -0.2) is 62.5 Å². The van der Waals surface area contributed by atoms with Crippen LogP contribution in [0.15, 0.2) is 59.8 Å². The van der Waals surface area contributed by atoms with Gasteiger partial charge in [-0.3, -0.25) is 9.69 Å². The summed E-state index contributed by atoms with van der Waals surface area (Å²) in [7, 11) is 1.36. The molecule has 35 heavy (non-hydrogen) atoms. The molecule has 8 nitrogen and oxygen atoms in total. The van der Waals surface area contributed by atoms with Crippen molar-refractivity contribution in [3.8, 4) is 0 Å². The van der Waals surface area contributed by atoms with Crippen molar-refractivity contribution in [1.82, 2.24) is 15.5 Å². The zero-order valence-corrected chi connectivity index (χ0v) is 20.5. The Morgan fingerprint density at radius 2 is 1.66 bits per heavy atom. The molecule has 2 aromatic rings. The molecule has 8 heteroatoms. The van der Waals surface area contributed by atoms with Gasteiger partial charge < -0.3 is 20.3 Å². The maximum absolute atomic E-state index is 12.8. The number of esters is 1. The van der Waals surface area contributed by atoms with Crippen molar-refractivity contribution >= 4 is 23.5 Å². The standard InChI is InChI=1S/C27H32N4O4/c1-4-19-5-7-21(8-6-19)25-24(26(33)35-3)23(28-27(34)29-25)17-30-13-15-31(16-14-30)22-11-9-20(10-12-22)18(2)32/h5-12,25H,4,13-17H2,1-3H3,(H2,28,29,34). The maximum atomic E-state index is 12.8. The van der Waals surface area contributed by atoms with E-state index in [0.29, 0.717) is 23.4 Å². The van der Waals surface area contributed by atoms with E-state index in [0.717, 1.165) is 43.9 Å². The molecule has 2 amide bonds. The van der Waals surface area contributed by atoms with Crippen LogP contribution in [0.2, 0.25) is 0 Å². The Kier molecular flexibility index (Phi) is 7.51. The number of nitrogens with zero attached hydrogens (tertiary/aromatic N) is 2. The topological polar surface area (TPSA) is 91.0 Å². The first-order valence-electron chi connectivity index (χ1n) is 12.0. The predicted octanol–water partition coefficient (Wildman–Crippen LogP) is 3.05. The van der Waals surface area contributed by atoms with Crippen molar-refractivity contribution in [2.24, 2.45) is 0 Å². The van der Waals surface area contributed by atoms with Crippen molar-refractivity contribution in [3.05, 3.63) is 76.5 Å². The Bertz CT molecular complexity index is 1120. The van der Waals surface area contributed by atoms with Crippen LogP contribution in [0.4, 0.5) is 10.5 Å². The summed E-state index contributed by atoms with van der Waals surface area (Å²) >= 11 is 0. The number of ketones is 1. The van der Waals surface area contributed by atoms with Crippen LogP contribution in [0, 0.1) is 0 Å². The van der Waals surface area contributed by atoms with E-state index < -0.39 is 12.0 Å². The molecule has 0 aliphatic carbocycles. The van der Waals surface area contributed by atoms with E-state index in [1.165, 1.54) is 12.7 Å². The van der Waals surface area contributed by atoms with Gasteiger partial charge in [0.25, 0.3) is 0 Å². The molecule has 0 spiro atoms. The van der Waals surface area contributed by atoms with E-state index in [9.17, 15) is 14.4 Å². The summed E-state index contributed by atoms with van der Waals surface area (Å²) in [6.45, 7) is 7.23. The number of Topliss-reactive ketones (excluding diaryl/α,β-unsaturated/α-hetero) is 1. The van der Waals surface area contributed by atoms with Crippen LogP contribution in [0.1, 0.15) is 41.4 Å². The molecule has 2 aliphatic heterocycles. The number of carbonyl (C=O) groups excluding carboxylic acids is 3. The van der Waals surface area contributed by atoms with Gasteiger partial charge in [-0.2, -0.15) is 0 Å². The molecular formula is C27H32N4O4. The SMILES string of the molecule is CCc1ccc(C2NC(=O)NC(CN3CCN(c4ccc(C(C)=O)cc4)CC3)=C2C(=O)OC)cc1. The monoisotopic (exact) mass is 476 g/mol. The number of ether oxygens (including phenoxy) is 1. The summed E-state index contributed by atoms with van der Waals surface area (Å²) in [5, 5.41) is 5.74. The summed E-state index contributed by atoms with van der Waals surface area (Å²) in [6, 6.07) is 14.7. The molecule has 1 fully saturated rings. The summed E-state index contributed by atoms with van der Waals surface area (Å²) in [4.78, 5) is 41.4. The number of carbonyl (C=O) groups is 3. The molecular weight excluding hydrogens is 444 g/mol. The highest BCUT2D eigenvalue weighted by Gasteiger charge is 2.34. The average molecular weight is 477 g/mol. The zero-order chi connectivity index (χ0) is 24.9. The number of rotatable bonds is 7. The van der Waals surface area contributed by atoms with Crippen LogP contribution >= 0.6 is 0 Å². The first-order valence-corrected chi connectivity index (χ1v) is 12.0. The number of hydrogen-bond donors (Lipinski definition) is 2. The summed E-state index contributed by atoms with van der Waals surface area (Å²) in [5.74, 6) is -0.402. The van der Waals surface area contributed by atoms with E-state index in [4.69, 9.17) is 4.74 Å². The molecule has 0 bridgehead atoms. The van der Waals surface area contributed by atoms with E-state index >= 15 is 0 Å². The van der Waals surface area contributed by atoms with Gasteiger partial charge in [0.1, 0.15) is 0 Å². The molecule has 4 rings (SSSR count). The van der Waals surface area contributed by atoms with Gasteiger partial charge in [-0.25, -0.2) is 9.59 Å². The van der Waals surface area contributed by atoms with Crippen LogP contribution < -0.4 is 15.5 Å². The maximum Gasteiger partial charge on any atom is 0.338 e. The first kappa shape index (κ1) is 24.5. The fourth-order valence-electron chi connectivity index (χ4n) is 4.58. The zero-order valence-electron chi connectivity index (χ0n) is 20.5. The van der Waals surface area contributed by atoms with E-state index in [-0.39, 0.29) is 11.8 Å². The van der Waals surface area contributed by atoms with Crippen LogP contribution in [-0.2, 0) is 16.0 Å². The van der Waals surface area contributed by atoms with Gasteiger partial charge in [-0.15, -0.1) is 0 Å². The third-order valence-corrected chi connectivity index (χ3v) is 6.67. The number of anilines is 1. The largest absolute Gasteiger partial charge is 0.466 e. The number of piperazine rings is 1. The van der Waals surface area contributed by atoms with Gasteiger partial charge >= 0.3 is 12.0 Å². The highest BCUT2D eigenvalue weighted by Crippen LogP contribution is 2.29. The molecule has 184 valence electrons. The van der Waals surface area contributed by atoms with E-state index in [1.54, 1.807) is 6.92 Å². The molecule has 0 aromatic heterocycles. The second-order valence-corrected chi connectivity index (χ2v) is 8.88. The smallest absolute Gasteiger partial charge is 0.338 e. The molecule has 2 heterocycles. The summed E-state index contributed by atoms with van der Waals surface area (Å²) < 4.78 is 5.10. The van der Waals surface area contributed by atoms with Gasteiger partial charge in [-0.05, 0) is 48.7 Å². The lowest BCUT2D eigenvalue weighted by Gasteiger charge is -2.38. The highest BCUT2D eigenvalue weighted by molar-refractivity contribution is 5.95. The second-order valence-electron chi connectivity index (χ2n) is 8.88. The molecule has 2 aliphatic rings. The van der Waals surface area contributed by atoms with E-state index in [1.807, 2.05) is 48.5 Å². The molecule has 0 saturated carbocycles. The molecule has 0 radical (unpaired) electrons. The quantitative estimate of drug-likeness (QED) is 0.472. The third-order valence-electron chi connectivity index (χ3n) is 6.67. The minimum absolute atomic E-state index is 0.0553. The number of amides is 2. The summed E-state index contributed by atoms with van der Waals surface area (Å²) in [6.07, 6.45) is 0.913. The first-order chi connectivity index (χ1) is 16.9. The van der Waals surface area contributed by atoms with Crippen LogP contribution in [0.25, 0.3) is 0 Å². The Labute approximate surface area is 205 Å². The Morgan fingerprint density at radius 3 is 2.23 bits per heavy atom. The van der Waals surface area contributed by atoms with Gasteiger partial charge in [-0.1, -0.05) is 31.2 Å². The van der Waals surface area contributed by atoms with Crippen molar-refractivity contribution in [1.29, 1.82) is 0 Å². The Hall–Kier alpha value is -3.65. The minimum atomic E-state index is -0.571. The fourth-order valence-corrected chi connectivity index (χ4v) is 4.58. The van der Waals surface area contributed by atoms with Gasteiger partial charge in [0.15, 0.2) is 5.78 Å². The molecule has 1 saturated heterocycles. The van der Waals surface area contributed by atoms with Crippen molar-refractivity contribution in [2.45, 2.75) is 26.3 Å². The van der Waals surface area contributed by atoms with Crippen molar-refractivity contribution in [3.63, 3.8) is 0 Å². The van der Waals surface area contributed by atoms with E-state index in [2.05, 4.69) is 27.4 Å². The number of urea groups is 1. The fraction of sp³-hybridized carbons (Fsp3) is 0.370. The normalized spacial score (nSPS) is 18.7. The van der Waals surface area contributed by atoms with Gasteiger partial charge in [0.2, 0.25) is 0 Å². The number of aryl methyl sites for hydroxylation is 1. The second kappa shape index (κ2) is 10.7. The lowest BCUT2D eigenvalue weighted by Crippen LogP contribution is -2.51. The van der Waals surface area contributed by atoms with Gasteiger partial charge in [0.05, 0.1) is 18.7 Å². The van der Waals surface area contributed by atoms with Crippen molar-refractivity contribution in [2.75, 3.05) is 44.7 Å². The number of nitrogens with one attached hydrogen (secondary N) is 2. The highest BCUT2D eigenvalue weighted by atomic mass is 16.5. The molecule has 2 aromatic carbocycles. The molecule has 2 N–H and O–H groups in total. The third kappa shape index (κ3) is 5.54. The van der Waals surface area contributed by atoms with Crippen molar-refractivity contribution < 1.29 is 19.1 Å². The Morgan fingerprint density at radius 1 is 1.00 bits per heavy atom. The molecule has 1 unspecified atom stereocenters. The van der Waals surface area contributed by atoms with Gasteiger partial charge in [0, 0.05) is 49.7 Å². The van der Waals surface area contributed by atoms with Crippen LogP contribution in [0.3, 0.4) is 0 Å². The number of hydrogen-bond acceptors (Lipinski definition) is 6. The summed E-state index contributed by atoms with van der Waals surface area (Å²) in [5.41, 5.74) is 4.81. The number of benzene rings is 2. The predicted molar refractivity (Wildman–Crippen MR) is 134 cm³/mol. The number of methoxy groups -OCH3 is 1. The lowest BCUT2D eigenvalue weighted by molar-refractivity contribution is -0.136. The minimum Gasteiger partial charge on any atom is -0.466 e.